The van der Waals surface area contributed by atoms with E-state index in [9.17, 15) is 4.79 Å². The first-order valence-electron chi connectivity index (χ1n) is 8.45. The maximum atomic E-state index is 12.8. The number of aryl methyl sites for hydroxylation is 1. The number of nitrogens with two attached hydrogens (primary N) is 1. The normalized spacial score (nSPS) is 24.2. The van der Waals surface area contributed by atoms with Gasteiger partial charge in [0.2, 0.25) is 5.91 Å². The van der Waals surface area contributed by atoms with Crippen molar-refractivity contribution in [1.29, 1.82) is 0 Å². The summed E-state index contributed by atoms with van der Waals surface area (Å²) in [7, 11) is 5.50. The number of carbonyl (C=O) groups excluding carboxylic acids is 1. The number of ether oxygens (including phenoxy) is 1. The van der Waals surface area contributed by atoms with Crippen LogP contribution in [0.4, 0.5) is 0 Å². The van der Waals surface area contributed by atoms with Crippen LogP contribution in [0.15, 0.2) is 24.3 Å². The predicted octanol–water partition coefficient (Wildman–Crippen LogP) is 1.67. The molecule has 1 amide bonds. The summed E-state index contributed by atoms with van der Waals surface area (Å²) >= 11 is 0. The lowest BCUT2D eigenvalue weighted by molar-refractivity contribution is -0.137. The zero-order valence-corrected chi connectivity index (χ0v) is 14.6. The largest absolute Gasteiger partial charge is 0.380 e. The van der Waals surface area contributed by atoms with E-state index in [1.807, 2.05) is 42.9 Å². The molecule has 6 nitrogen and oxygen atoms in total. The second-order valence-electron chi connectivity index (χ2n) is 6.72. The Morgan fingerprint density at radius 2 is 2.17 bits per heavy atom. The zero-order chi connectivity index (χ0) is 17.3. The van der Waals surface area contributed by atoms with Gasteiger partial charge in [-0.2, -0.15) is 0 Å². The molecule has 1 aliphatic rings. The highest BCUT2D eigenvalue weighted by Gasteiger charge is 2.33. The summed E-state index contributed by atoms with van der Waals surface area (Å²) in [5.74, 6) is 1.02. The quantitative estimate of drug-likeness (QED) is 0.925. The lowest BCUT2D eigenvalue weighted by Gasteiger charge is -2.34. The maximum Gasteiger partial charge on any atom is 0.225 e. The standard InChI is InChI=1S/C18H26N4O2/c1-21(18(23)12-8-9-13(19)16(10-12)24-3)11-17-20-14-6-4-5-7-15(14)22(17)2/h4-7,12-13,16H,8-11,19H2,1-3H3/t12-,13+,16+/m0/s1. The minimum Gasteiger partial charge on any atom is -0.380 e. The monoisotopic (exact) mass is 330 g/mol. The van der Waals surface area contributed by atoms with Gasteiger partial charge in [0, 0.05) is 33.2 Å². The minimum absolute atomic E-state index is 0.0190. The van der Waals surface area contributed by atoms with Crippen LogP contribution in [0.2, 0.25) is 0 Å². The van der Waals surface area contributed by atoms with Crippen molar-refractivity contribution in [3.63, 3.8) is 0 Å². The van der Waals surface area contributed by atoms with Crippen molar-refractivity contribution < 1.29 is 9.53 Å². The number of benzene rings is 1. The van der Waals surface area contributed by atoms with Crippen molar-refractivity contribution in [2.24, 2.45) is 18.7 Å². The second kappa shape index (κ2) is 6.91. The van der Waals surface area contributed by atoms with Crippen LogP contribution in [0.1, 0.15) is 25.1 Å². The number of hydrogen-bond donors (Lipinski definition) is 1. The number of methoxy groups -OCH3 is 1. The predicted molar refractivity (Wildman–Crippen MR) is 93.3 cm³/mol. The smallest absolute Gasteiger partial charge is 0.225 e. The maximum absolute atomic E-state index is 12.8. The molecule has 2 N–H and O–H groups in total. The number of amides is 1. The third-order valence-electron chi connectivity index (χ3n) is 5.13. The van der Waals surface area contributed by atoms with Crippen molar-refractivity contribution in [2.45, 2.75) is 38.0 Å². The highest BCUT2D eigenvalue weighted by Crippen LogP contribution is 2.27. The first-order chi connectivity index (χ1) is 11.5. The van der Waals surface area contributed by atoms with Gasteiger partial charge in [0.25, 0.3) is 0 Å². The van der Waals surface area contributed by atoms with Crippen LogP contribution in [-0.2, 0) is 23.1 Å². The third-order valence-corrected chi connectivity index (χ3v) is 5.13. The average molecular weight is 330 g/mol. The Labute approximate surface area is 142 Å². The lowest BCUT2D eigenvalue weighted by atomic mass is 9.83. The fourth-order valence-electron chi connectivity index (χ4n) is 3.59. The Hall–Kier alpha value is -1.92. The molecule has 1 fully saturated rings. The van der Waals surface area contributed by atoms with Crippen molar-refractivity contribution in [3.05, 3.63) is 30.1 Å². The van der Waals surface area contributed by atoms with E-state index in [0.29, 0.717) is 13.0 Å². The molecule has 1 saturated carbocycles. The number of fused-ring (bicyclic) bond motifs is 1. The van der Waals surface area contributed by atoms with E-state index in [4.69, 9.17) is 10.5 Å². The molecular weight excluding hydrogens is 304 g/mol. The molecule has 0 spiro atoms. The van der Waals surface area contributed by atoms with E-state index in [1.54, 1.807) is 12.0 Å². The van der Waals surface area contributed by atoms with E-state index in [1.165, 1.54) is 0 Å². The number of carbonyl (C=O) groups is 1. The molecule has 3 atom stereocenters. The summed E-state index contributed by atoms with van der Waals surface area (Å²) in [6.07, 6.45) is 2.32. The van der Waals surface area contributed by atoms with Gasteiger partial charge in [-0.15, -0.1) is 0 Å². The fourth-order valence-corrected chi connectivity index (χ4v) is 3.59. The topological polar surface area (TPSA) is 73.4 Å². The highest BCUT2D eigenvalue weighted by molar-refractivity contribution is 5.79. The molecular formula is C18H26N4O2. The summed E-state index contributed by atoms with van der Waals surface area (Å²) in [5.41, 5.74) is 8.09. The van der Waals surface area contributed by atoms with Crippen molar-refractivity contribution >= 4 is 16.9 Å². The summed E-state index contributed by atoms with van der Waals surface area (Å²) < 4.78 is 7.48. The molecule has 1 aromatic carbocycles. The molecule has 1 heterocycles. The minimum atomic E-state index is -0.0307. The van der Waals surface area contributed by atoms with Gasteiger partial charge in [-0.05, 0) is 31.4 Å². The molecule has 6 heteroatoms. The van der Waals surface area contributed by atoms with E-state index >= 15 is 0 Å². The Bertz CT molecular complexity index is 727. The summed E-state index contributed by atoms with van der Waals surface area (Å²) in [4.78, 5) is 19.2. The number of imidazole rings is 1. The molecule has 0 bridgehead atoms. The Morgan fingerprint density at radius 3 is 2.88 bits per heavy atom. The van der Waals surface area contributed by atoms with Gasteiger partial charge in [-0.1, -0.05) is 12.1 Å². The zero-order valence-electron chi connectivity index (χ0n) is 14.6. The lowest BCUT2D eigenvalue weighted by Crippen LogP contribution is -2.45. The number of nitrogens with zero attached hydrogens (tertiary/aromatic N) is 3. The van der Waals surface area contributed by atoms with Gasteiger partial charge in [0.15, 0.2) is 0 Å². The van der Waals surface area contributed by atoms with E-state index in [2.05, 4.69) is 4.98 Å². The van der Waals surface area contributed by atoms with Crippen LogP contribution in [-0.4, -0.2) is 46.7 Å². The van der Waals surface area contributed by atoms with Gasteiger partial charge < -0.3 is 19.9 Å². The van der Waals surface area contributed by atoms with Gasteiger partial charge in [-0.3, -0.25) is 4.79 Å². The number of rotatable bonds is 4. The van der Waals surface area contributed by atoms with Crippen LogP contribution in [0.3, 0.4) is 0 Å². The van der Waals surface area contributed by atoms with Crippen LogP contribution < -0.4 is 5.73 Å². The molecule has 1 aromatic heterocycles. The molecule has 2 aromatic rings. The van der Waals surface area contributed by atoms with E-state index in [0.717, 1.165) is 29.7 Å². The van der Waals surface area contributed by atoms with Crippen LogP contribution >= 0.6 is 0 Å². The summed E-state index contributed by atoms with van der Waals surface area (Å²) in [6, 6.07) is 8.04. The molecule has 1 aliphatic carbocycles. The second-order valence-corrected chi connectivity index (χ2v) is 6.72. The SMILES string of the molecule is CO[C@@H]1C[C@@H](C(=O)N(C)Cc2nc3ccccc3n2C)CC[C@H]1N. The van der Waals surface area contributed by atoms with Gasteiger partial charge >= 0.3 is 0 Å². The third kappa shape index (κ3) is 3.16. The summed E-state index contributed by atoms with van der Waals surface area (Å²) in [6.45, 7) is 0.504. The molecule has 0 saturated heterocycles. The van der Waals surface area contributed by atoms with Crippen molar-refractivity contribution in [3.8, 4) is 0 Å². The average Bonchev–Trinajstić information content (AvgIpc) is 2.91. The fraction of sp³-hybridized carbons (Fsp3) is 0.556. The Morgan fingerprint density at radius 1 is 1.42 bits per heavy atom. The highest BCUT2D eigenvalue weighted by atomic mass is 16.5. The molecule has 0 radical (unpaired) electrons. The molecule has 130 valence electrons. The van der Waals surface area contributed by atoms with Crippen LogP contribution in [0.25, 0.3) is 11.0 Å². The molecule has 0 unspecified atom stereocenters. The number of aromatic nitrogens is 2. The van der Waals surface area contributed by atoms with Crippen LogP contribution in [0.5, 0.6) is 0 Å². The summed E-state index contributed by atoms with van der Waals surface area (Å²) in [5, 5.41) is 0. The number of para-hydroxylation sites is 2. The molecule has 0 aliphatic heterocycles. The van der Waals surface area contributed by atoms with Crippen molar-refractivity contribution in [1.82, 2.24) is 14.5 Å². The van der Waals surface area contributed by atoms with Crippen molar-refractivity contribution in [2.75, 3.05) is 14.2 Å². The Kier molecular flexibility index (Phi) is 4.87. The molecule has 24 heavy (non-hydrogen) atoms. The van der Waals surface area contributed by atoms with Gasteiger partial charge in [-0.25, -0.2) is 4.98 Å². The van der Waals surface area contributed by atoms with E-state index in [-0.39, 0.29) is 24.0 Å². The first-order valence-corrected chi connectivity index (χ1v) is 8.45. The number of hydrogen-bond acceptors (Lipinski definition) is 4. The van der Waals surface area contributed by atoms with Gasteiger partial charge in [0.05, 0.1) is 23.7 Å². The van der Waals surface area contributed by atoms with Gasteiger partial charge in [0.1, 0.15) is 5.82 Å². The van der Waals surface area contributed by atoms with Crippen LogP contribution in [0, 0.1) is 5.92 Å². The molecule has 3 rings (SSSR count). The first kappa shape index (κ1) is 16.9. The Balaban J connectivity index is 1.70. The van der Waals surface area contributed by atoms with E-state index < -0.39 is 0 Å².